The molecule has 0 aromatic carbocycles. The highest BCUT2D eigenvalue weighted by molar-refractivity contribution is 5.36. The Morgan fingerprint density at radius 3 is 2.12 bits per heavy atom. The van der Waals surface area contributed by atoms with E-state index in [-0.39, 0.29) is 6.47 Å². The van der Waals surface area contributed by atoms with Crippen molar-refractivity contribution in [3.63, 3.8) is 0 Å². The van der Waals surface area contributed by atoms with Crippen LogP contribution in [0.2, 0.25) is 0 Å². The Morgan fingerprint density at radius 2 is 2.00 bits per heavy atom. The molecule has 48 valence electrons. The molecule has 0 aromatic heterocycles. The molecular weight excluding hydrogens is 124 g/mol. The van der Waals surface area contributed by atoms with Crippen molar-refractivity contribution in [2.75, 3.05) is 6.61 Å². The second-order valence-corrected chi connectivity index (χ2v) is 1.02. The van der Waals surface area contributed by atoms with Gasteiger partial charge in [0.1, 0.15) is 0 Å². The lowest BCUT2D eigenvalue weighted by Crippen LogP contribution is -2.15. The first-order chi connectivity index (χ1) is 3.56. The first-order valence-electron chi connectivity index (χ1n) is 1.68. The summed E-state index contributed by atoms with van der Waals surface area (Å²) in [6.07, 6.45) is -4.40. The van der Waals surface area contributed by atoms with Crippen LogP contribution in [0.25, 0.3) is 0 Å². The van der Waals surface area contributed by atoms with Crippen molar-refractivity contribution in [3.05, 3.63) is 0 Å². The summed E-state index contributed by atoms with van der Waals surface area (Å²) in [5.41, 5.74) is 0. The molecule has 0 heterocycles. The fourth-order valence-corrected chi connectivity index (χ4v) is 0.129. The molecule has 0 bridgehead atoms. The van der Waals surface area contributed by atoms with E-state index in [0.717, 1.165) is 0 Å². The van der Waals surface area contributed by atoms with Crippen LogP contribution in [-0.2, 0) is 9.53 Å². The summed E-state index contributed by atoms with van der Waals surface area (Å²) < 4.78 is 36.3. The van der Waals surface area contributed by atoms with E-state index in [1.807, 2.05) is 0 Å². The minimum atomic E-state index is -4.40. The minimum absolute atomic E-state index is 0.243. The third-order valence-corrected chi connectivity index (χ3v) is 0.315. The zero-order valence-corrected chi connectivity index (χ0v) is 3.73. The van der Waals surface area contributed by atoms with Crippen LogP contribution in [0.4, 0.5) is 13.2 Å². The Balaban J connectivity index is 3.24. The number of hydrogen-bond acceptors (Lipinski definition) is 2. The summed E-state index contributed by atoms with van der Waals surface area (Å²) in [5, 5.41) is 0. The molecule has 0 rings (SSSR count). The topological polar surface area (TPSA) is 26.3 Å². The standard InChI is InChI=1S/C3H3F3O2/c4-3(5,6)1-8-2-7/h2H,1H2/i2-1. The number of alkyl halides is 3. The van der Waals surface area contributed by atoms with Gasteiger partial charge in [0.15, 0.2) is 6.61 Å². The van der Waals surface area contributed by atoms with Crippen LogP contribution in [0.5, 0.6) is 0 Å². The Bertz CT molecular complexity index is 77.1. The van der Waals surface area contributed by atoms with Gasteiger partial charge in [-0.15, -0.1) is 0 Å². The van der Waals surface area contributed by atoms with E-state index in [2.05, 4.69) is 4.74 Å². The quantitative estimate of drug-likeness (QED) is 0.511. The smallest absolute Gasteiger partial charge is 0.422 e. The van der Waals surface area contributed by atoms with Gasteiger partial charge in [-0.05, 0) is 0 Å². The number of ether oxygens (including phenoxy) is 1. The molecule has 0 fully saturated rings. The van der Waals surface area contributed by atoms with E-state index in [0.29, 0.717) is 0 Å². The van der Waals surface area contributed by atoms with Gasteiger partial charge in [0.25, 0.3) is 6.47 Å². The van der Waals surface area contributed by atoms with E-state index in [1.165, 1.54) is 0 Å². The van der Waals surface area contributed by atoms with Crippen LogP contribution >= 0.6 is 0 Å². The molecule has 8 heavy (non-hydrogen) atoms. The van der Waals surface area contributed by atoms with Gasteiger partial charge in [0, 0.05) is 0 Å². The molecule has 0 saturated heterocycles. The summed E-state index contributed by atoms with van der Waals surface area (Å²) in [4.78, 5) is 9.13. The maximum Gasteiger partial charge on any atom is 0.422 e. The van der Waals surface area contributed by atoms with Crippen LogP contribution in [0.3, 0.4) is 0 Å². The van der Waals surface area contributed by atoms with Crippen molar-refractivity contribution in [1.29, 1.82) is 0 Å². The van der Waals surface area contributed by atoms with Gasteiger partial charge < -0.3 is 4.74 Å². The van der Waals surface area contributed by atoms with Gasteiger partial charge in [-0.3, -0.25) is 4.79 Å². The first kappa shape index (κ1) is 7.26. The first-order valence-corrected chi connectivity index (χ1v) is 1.68. The van der Waals surface area contributed by atoms with Gasteiger partial charge in [0.05, 0.1) is 0 Å². The van der Waals surface area contributed by atoms with E-state index in [9.17, 15) is 13.2 Å². The lowest BCUT2D eigenvalue weighted by Gasteiger charge is -2.01. The maximum atomic E-state index is 11.0. The zero-order valence-electron chi connectivity index (χ0n) is 3.73. The molecule has 0 unspecified atom stereocenters. The third-order valence-electron chi connectivity index (χ3n) is 0.315. The number of carbonyl (C=O) groups is 1. The fraction of sp³-hybridized carbons (Fsp3) is 0.667. The fourth-order valence-electron chi connectivity index (χ4n) is 0.129. The highest BCUT2D eigenvalue weighted by Gasteiger charge is 2.27. The van der Waals surface area contributed by atoms with Crippen LogP contribution in [-0.4, -0.2) is 19.3 Å². The normalized spacial score (nSPS) is 10.9. The Kier molecular flexibility index (Phi) is 2.30. The van der Waals surface area contributed by atoms with Crippen molar-refractivity contribution in [1.82, 2.24) is 0 Å². The average molecular weight is 127 g/mol. The summed E-state index contributed by atoms with van der Waals surface area (Å²) in [6.45, 7) is -1.75. The second kappa shape index (κ2) is 2.54. The van der Waals surface area contributed by atoms with Crippen LogP contribution in [0.15, 0.2) is 0 Å². The minimum Gasteiger partial charge on any atom is -0.458 e. The molecule has 0 radical (unpaired) electrons. The van der Waals surface area contributed by atoms with Gasteiger partial charge in [-0.1, -0.05) is 0 Å². The van der Waals surface area contributed by atoms with Crippen LogP contribution in [0, 0.1) is 0 Å². The average Bonchev–Trinajstić information content (AvgIpc) is 1.59. The summed E-state index contributed by atoms with van der Waals surface area (Å²) >= 11 is 0. The number of carbonyl (C=O) groups excluding carboxylic acids is 1. The zero-order chi connectivity index (χ0) is 6.62. The molecule has 0 aliphatic heterocycles. The van der Waals surface area contributed by atoms with Crippen molar-refractivity contribution in [2.45, 2.75) is 6.18 Å². The Labute approximate surface area is 43.2 Å². The Hall–Kier alpha value is -0.740. The summed E-state index contributed by atoms with van der Waals surface area (Å²) in [6, 6.07) is 0. The van der Waals surface area contributed by atoms with Crippen molar-refractivity contribution >= 4 is 6.47 Å². The highest BCUT2D eigenvalue weighted by Crippen LogP contribution is 2.13. The van der Waals surface area contributed by atoms with Crippen molar-refractivity contribution in [2.24, 2.45) is 0 Å². The van der Waals surface area contributed by atoms with E-state index in [1.54, 1.807) is 0 Å². The van der Waals surface area contributed by atoms with Gasteiger partial charge in [-0.25, -0.2) is 0 Å². The number of hydrogen-bond donors (Lipinski definition) is 0. The van der Waals surface area contributed by atoms with Crippen molar-refractivity contribution < 1.29 is 22.7 Å². The largest absolute Gasteiger partial charge is 0.458 e. The van der Waals surface area contributed by atoms with Crippen LogP contribution < -0.4 is 0 Å². The lowest BCUT2D eigenvalue weighted by molar-refractivity contribution is -0.177. The lowest BCUT2D eigenvalue weighted by atomic mass is 10.6. The molecule has 0 amide bonds. The number of halogens is 3. The third kappa shape index (κ3) is 5.26. The molecule has 0 aliphatic rings. The molecule has 0 aromatic rings. The summed E-state index contributed by atoms with van der Waals surface area (Å²) in [7, 11) is 0. The molecule has 0 N–H and O–H groups in total. The number of rotatable bonds is 2. The molecule has 0 aliphatic carbocycles. The van der Waals surface area contributed by atoms with Gasteiger partial charge in [-0.2, -0.15) is 13.2 Å². The molecular formula is C3H3F3O2. The van der Waals surface area contributed by atoms with Gasteiger partial charge >= 0.3 is 6.18 Å². The monoisotopic (exact) mass is 127 g/mol. The van der Waals surface area contributed by atoms with E-state index < -0.39 is 12.8 Å². The SMILES string of the molecule is O=[11CH]OCC(F)(F)F. The highest BCUT2D eigenvalue weighted by atomic mass is 19.4. The predicted molar refractivity (Wildman–Crippen MR) is 18.1 cm³/mol. The van der Waals surface area contributed by atoms with Crippen molar-refractivity contribution in [3.8, 4) is 0 Å². The van der Waals surface area contributed by atoms with E-state index >= 15 is 0 Å². The van der Waals surface area contributed by atoms with Gasteiger partial charge in [0.2, 0.25) is 0 Å². The van der Waals surface area contributed by atoms with Crippen LogP contribution in [0.1, 0.15) is 0 Å². The van der Waals surface area contributed by atoms with E-state index in [4.69, 9.17) is 4.79 Å². The molecule has 0 spiro atoms. The second-order valence-electron chi connectivity index (χ2n) is 1.02. The maximum absolute atomic E-state index is 11.0. The molecule has 0 atom stereocenters. The predicted octanol–water partition coefficient (Wildman–Crippen LogP) is 0.722. The molecule has 5 heteroatoms. The molecule has 0 saturated carbocycles. The molecule has 2 nitrogen and oxygen atoms in total. The Morgan fingerprint density at radius 1 is 1.50 bits per heavy atom. The summed E-state index contributed by atoms with van der Waals surface area (Å²) in [5.74, 6) is 0.